The fourth-order valence-corrected chi connectivity index (χ4v) is 5.03. The molecule has 4 rings (SSSR count). The number of amides is 4. The highest BCUT2D eigenvalue weighted by Gasteiger charge is 2.71. The van der Waals surface area contributed by atoms with Gasteiger partial charge >= 0.3 is 12.2 Å². The van der Waals surface area contributed by atoms with Crippen LogP contribution in [0, 0.1) is 5.92 Å². The molecular formula is C28H35F3N6O6. The topological polar surface area (TPSA) is 126 Å². The van der Waals surface area contributed by atoms with E-state index in [1.165, 1.54) is 26.5 Å². The molecule has 0 aromatic carbocycles. The van der Waals surface area contributed by atoms with Crippen molar-refractivity contribution in [1.29, 1.82) is 0 Å². The highest BCUT2D eigenvalue weighted by atomic mass is 19.4. The van der Waals surface area contributed by atoms with Crippen molar-refractivity contribution in [2.45, 2.75) is 38.1 Å². The molecule has 0 saturated carbocycles. The number of carbonyl (C=O) groups is 3. The van der Waals surface area contributed by atoms with E-state index in [0.29, 0.717) is 43.8 Å². The Hall–Kier alpha value is -3.82. The van der Waals surface area contributed by atoms with E-state index in [9.17, 15) is 27.6 Å². The number of halogens is 3. The predicted octanol–water partition coefficient (Wildman–Crippen LogP) is 2.90. The van der Waals surface area contributed by atoms with Crippen molar-refractivity contribution in [3.63, 3.8) is 0 Å². The van der Waals surface area contributed by atoms with E-state index >= 15 is 0 Å². The second kappa shape index (κ2) is 13.2. The van der Waals surface area contributed by atoms with Gasteiger partial charge in [0.05, 0.1) is 38.8 Å². The molecule has 2 fully saturated rings. The zero-order chi connectivity index (χ0) is 31.4. The molecule has 0 spiro atoms. The lowest BCUT2D eigenvalue weighted by Crippen LogP contribution is -2.59. The van der Waals surface area contributed by atoms with E-state index in [2.05, 4.69) is 20.2 Å². The van der Waals surface area contributed by atoms with Gasteiger partial charge in [-0.05, 0) is 43.7 Å². The first-order valence-corrected chi connectivity index (χ1v) is 13.8. The number of anilines is 2. The maximum atomic E-state index is 14.3. The summed E-state index contributed by atoms with van der Waals surface area (Å²) in [5, 5.41) is 3.06. The van der Waals surface area contributed by atoms with E-state index < -0.39 is 41.5 Å². The average molecular weight is 609 g/mol. The Labute approximate surface area is 247 Å². The lowest BCUT2D eigenvalue weighted by Gasteiger charge is -2.31. The molecule has 1 aromatic heterocycles. The van der Waals surface area contributed by atoms with Crippen LogP contribution in [0.3, 0.4) is 0 Å². The van der Waals surface area contributed by atoms with Crippen LogP contribution in [0.1, 0.15) is 20.3 Å². The van der Waals surface area contributed by atoms with Gasteiger partial charge in [-0.25, -0.2) is 24.6 Å². The number of carbonyl (C=O) groups excluding carboxylic acids is 3. The fourth-order valence-electron chi connectivity index (χ4n) is 5.03. The lowest BCUT2D eigenvalue weighted by molar-refractivity contribution is -0.209. The van der Waals surface area contributed by atoms with E-state index in [0.717, 1.165) is 38.3 Å². The maximum absolute atomic E-state index is 14.3. The predicted molar refractivity (Wildman–Crippen MR) is 149 cm³/mol. The zero-order valence-electron chi connectivity index (χ0n) is 24.4. The fraction of sp³-hybridized carbons (Fsp3) is 0.536. The third kappa shape index (κ3) is 6.58. The standard InChI is InChI=1S/C28H35F3N6O6/c1-18-20(41-3)14-19(15-21(18)42-4)6-7-24(38)37-26(40)36(25(39)27(37,2)28(29,30)31)23-17-33-22(16-34-23)32-8-5-9-35-10-12-43-13-11-35/h6-7,14-18,20H,5,8-13H2,1-4H3,(H,32,33)/b7-6+. The van der Waals surface area contributed by atoms with Crippen LogP contribution in [0.5, 0.6) is 0 Å². The van der Waals surface area contributed by atoms with E-state index in [1.54, 1.807) is 12.2 Å². The average Bonchev–Trinajstić information content (AvgIpc) is 3.20. The van der Waals surface area contributed by atoms with Gasteiger partial charge in [-0.15, -0.1) is 0 Å². The number of alkyl halides is 3. The monoisotopic (exact) mass is 608 g/mol. The molecule has 15 heteroatoms. The third-order valence-electron chi connectivity index (χ3n) is 7.68. The Morgan fingerprint density at radius 3 is 2.53 bits per heavy atom. The van der Waals surface area contributed by atoms with Crippen LogP contribution in [0.4, 0.5) is 29.6 Å². The van der Waals surface area contributed by atoms with Crippen molar-refractivity contribution in [1.82, 2.24) is 19.8 Å². The van der Waals surface area contributed by atoms with Gasteiger partial charge in [0.2, 0.25) is 5.54 Å². The first-order chi connectivity index (χ1) is 20.4. The molecule has 12 nitrogen and oxygen atoms in total. The number of imide groups is 2. The molecule has 3 aliphatic rings. The number of hydrogen-bond donors (Lipinski definition) is 1. The lowest BCUT2D eigenvalue weighted by atomic mass is 9.93. The molecule has 3 unspecified atom stereocenters. The van der Waals surface area contributed by atoms with Crippen LogP contribution in [-0.4, -0.2) is 109 Å². The van der Waals surface area contributed by atoms with Gasteiger partial charge in [0, 0.05) is 38.7 Å². The molecule has 1 N–H and O–H groups in total. The van der Waals surface area contributed by atoms with Crippen molar-refractivity contribution in [3.8, 4) is 0 Å². The van der Waals surface area contributed by atoms with Crippen LogP contribution in [0.25, 0.3) is 0 Å². The van der Waals surface area contributed by atoms with Crippen molar-refractivity contribution in [2.24, 2.45) is 5.92 Å². The zero-order valence-corrected chi connectivity index (χ0v) is 24.4. The number of rotatable bonds is 10. The summed E-state index contributed by atoms with van der Waals surface area (Å²) in [5.74, 6) is -2.74. The molecule has 43 heavy (non-hydrogen) atoms. The second-order valence-corrected chi connectivity index (χ2v) is 10.4. The summed E-state index contributed by atoms with van der Waals surface area (Å²) >= 11 is 0. The van der Waals surface area contributed by atoms with Crippen LogP contribution in [-0.2, 0) is 23.8 Å². The molecule has 234 valence electrons. The van der Waals surface area contributed by atoms with Crippen molar-refractivity contribution >= 4 is 29.5 Å². The summed E-state index contributed by atoms with van der Waals surface area (Å²) in [4.78, 5) is 50.1. The minimum atomic E-state index is -5.28. The number of urea groups is 1. The van der Waals surface area contributed by atoms with Crippen LogP contribution in [0.2, 0.25) is 0 Å². The molecule has 0 bridgehead atoms. The Morgan fingerprint density at radius 1 is 1.21 bits per heavy atom. The minimum absolute atomic E-state index is 0.105. The van der Waals surface area contributed by atoms with Gasteiger partial charge in [0.25, 0.3) is 11.8 Å². The van der Waals surface area contributed by atoms with Gasteiger partial charge in [0.1, 0.15) is 11.6 Å². The van der Waals surface area contributed by atoms with E-state index in [1.807, 2.05) is 6.92 Å². The molecule has 1 aromatic rings. The molecular weight excluding hydrogens is 573 g/mol. The summed E-state index contributed by atoms with van der Waals surface area (Å²) in [6.07, 6.45) is 2.62. The Kier molecular flexibility index (Phi) is 9.87. The summed E-state index contributed by atoms with van der Waals surface area (Å²) in [7, 11) is 2.95. The van der Waals surface area contributed by atoms with E-state index in [4.69, 9.17) is 14.2 Å². The number of ether oxygens (including phenoxy) is 3. The summed E-state index contributed by atoms with van der Waals surface area (Å²) in [6.45, 7) is 6.85. The van der Waals surface area contributed by atoms with Crippen LogP contribution in [0.15, 0.2) is 48.0 Å². The number of methoxy groups -OCH3 is 2. The van der Waals surface area contributed by atoms with Crippen molar-refractivity contribution in [2.75, 3.05) is 63.8 Å². The first-order valence-electron chi connectivity index (χ1n) is 13.8. The summed E-state index contributed by atoms with van der Waals surface area (Å²) < 4.78 is 59.1. The van der Waals surface area contributed by atoms with Gasteiger partial charge in [0.15, 0.2) is 5.82 Å². The number of morpholine rings is 1. The van der Waals surface area contributed by atoms with E-state index in [-0.39, 0.29) is 15.7 Å². The largest absolute Gasteiger partial charge is 0.501 e. The molecule has 2 saturated heterocycles. The van der Waals surface area contributed by atoms with Gasteiger partial charge in [-0.2, -0.15) is 13.2 Å². The molecule has 3 heterocycles. The normalized spacial score (nSPS) is 25.3. The number of allylic oxidation sites excluding steroid dienone is 3. The summed E-state index contributed by atoms with van der Waals surface area (Å²) in [5.41, 5.74) is -3.06. The van der Waals surface area contributed by atoms with Crippen LogP contribution < -0.4 is 10.2 Å². The molecule has 0 radical (unpaired) electrons. The Morgan fingerprint density at radius 2 is 1.93 bits per heavy atom. The highest BCUT2D eigenvalue weighted by molar-refractivity contribution is 6.28. The second-order valence-electron chi connectivity index (χ2n) is 10.4. The smallest absolute Gasteiger partial charge is 0.421 e. The van der Waals surface area contributed by atoms with Gasteiger partial charge in [-0.3, -0.25) is 14.5 Å². The van der Waals surface area contributed by atoms with Gasteiger partial charge < -0.3 is 19.5 Å². The maximum Gasteiger partial charge on any atom is 0.421 e. The Balaban J connectivity index is 1.50. The molecule has 2 aliphatic heterocycles. The van der Waals surface area contributed by atoms with Crippen molar-refractivity contribution < 1.29 is 41.8 Å². The molecule has 4 amide bonds. The highest BCUT2D eigenvalue weighted by Crippen LogP contribution is 2.43. The molecule has 3 atom stereocenters. The number of aromatic nitrogens is 2. The first kappa shape index (κ1) is 32.1. The molecule has 1 aliphatic carbocycles. The van der Waals surface area contributed by atoms with Gasteiger partial charge in [-0.1, -0.05) is 6.92 Å². The Bertz CT molecular complexity index is 1290. The summed E-state index contributed by atoms with van der Waals surface area (Å²) in [6, 6.07) is -1.49. The van der Waals surface area contributed by atoms with Crippen molar-refractivity contribution in [3.05, 3.63) is 48.0 Å². The third-order valence-corrected chi connectivity index (χ3v) is 7.68. The SMILES string of the molecule is COC1=CC(/C=C/C(=O)N2C(=O)N(c3cnc(NCCCN4CCOCC4)cn3)C(=O)C2(C)C(F)(F)F)=CC(OC)C1C. The number of nitrogens with one attached hydrogen (secondary N) is 1. The van der Waals surface area contributed by atoms with Crippen LogP contribution >= 0.6 is 0 Å². The number of hydrogen-bond acceptors (Lipinski definition) is 10. The number of nitrogens with zero attached hydrogens (tertiary/aromatic N) is 5. The minimum Gasteiger partial charge on any atom is -0.501 e. The quantitative estimate of drug-likeness (QED) is 0.241.